The third-order valence-corrected chi connectivity index (χ3v) is 3.88. The van der Waals surface area contributed by atoms with E-state index >= 15 is 0 Å². The van der Waals surface area contributed by atoms with Crippen LogP contribution in [0.25, 0.3) is 11.2 Å². The smallest absolute Gasteiger partial charge is 0.404 e. The molecule has 4 heterocycles. The van der Waals surface area contributed by atoms with E-state index in [1.165, 1.54) is 17.1 Å². The number of amides is 2. The van der Waals surface area contributed by atoms with Crippen LogP contribution < -0.4 is 11.1 Å². The summed E-state index contributed by atoms with van der Waals surface area (Å²) in [6, 6.07) is 0. The summed E-state index contributed by atoms with van der Waals surface area (Å²) in [5, 5.41) is 2.28. The molecule has 5 rings (SSSR count). The van der Waals surface area contributed by atoms with Crippen molar-refractivity contribution < 1.29 is 14.0 Å². The van der Waals surface area contributed by atoms with Gasteiger partial charge in [-0.3, -0.25) is 14.9 Å². The molecule has 2 saturated heterocycles. The van der Waals surface area contributed by atoms with E-state index in [2.05, 4.69) is 15.3 Å². The van der Waals surface area contributed by atoms with Gasteiger partial charge in [0.2, 0.25) is 5.91 Å². The summed E-state index contributed by atoms with van der Waals surface area (Å²) in [5.41, 5.74) is -0.534. The first kappa shape index (κ1) is 10.4. The van der Waals surface area contributed by atoms with Crippen molar-refractivity contribution in [3.05, 3.63) is 23.1 Å². The lowest BCUT2D eigenvalue weighted by Crippen LogP contribution is -2.68. The minimum Gasteiger partial charge on any atom is -0.404 e. The number of nitrogens with one attached hydrogen (secondary N) is 1. The molecule has 0 unspecified atom stereocenters. The zero-order valence-electron chi connectivity index (χ0n) is 9.62. The zero-order chi connectivity index (χ0) is 13.2. The van der Waals surface area contributed by atoms with E-state index in [0.29, 0.717) is 12.8 Å². The fourth-order valence-corrected chi connectivity index (χ4v) is 2.89. The highest BCUT2D eigenvalue weighted by Gasteiger charge is 2.60. The minimum atomic E-state index is -1.05. The van der Waals surface area contributed by atoms with Gasteiger partial charge in [-0.25, -0.2) is 19.3 Å². The number of oxazole rings is 1. The predicted molar refractivity (Wildman–Crippen MR) is 59.9 cm³/mol. The van der Waals surface area contributed by atoms with Crippen LogP contribution in [-0.2, 0) is 15.1 Å². The molecule has 2 aromatic rings. The summed E-state index contributed by atoms with van der Waals surface area (Å²) >= 11 is 0. The molecule has 1 aliphatic carbocycles. The summed E-state index contributed by atoms with van der Waals surface area (Å²) in [5.74, 6) is -1.62. The predicted octanol–water partition coefficient (Wildman–Crippen LogP) is -0.854. The first-order valence-electron chi connectivity index (χ1n) is 5.79. The number of carbonyl (C=O) groups is 2. The Balaban J connectivity index is 1.97. The zero-order valence-corrected chi connectivity index (χ0v) is 9.62. The van der Waals surface area contributed by atoms with Crippen LogP contribution in [-0.4, -0.2) is 26.3 Å². The number of rotatable bonds is 1. The van der Waals surface area contributed by atoms with Gasteiger partial charge in [-0.15, -0.1) is 0 Å². The van der Waals surface area contributed by atoms with Crippen LogP contribution in [0.3, 0.4) is 0 Å². The number of carbonyl (C=O) groups excluding carboxylic acids is 2. The lowest BCUT2D eigenvalue weighted by atomic mass is 9.64. The van der Waals surface area contributed by atoms with Crippen LogP contribution in [0, 0.1) is 5.92 Å². The topological polar surface area (TPSA) is 107 Å². The average molecular weight is 260 g/mol. The third kappa shape index (κ3) is 1.11. The number of nitrogens with zero attached hydrogens (tertiary/aromatic N) is 3. The molecule has 8 nitrogen and oxygen atoms in total. The maximum atomic E-state index is 12.1. The Hall–Kier alpha value is -2.51. The molecule has 0 radical (unpaired) electrons. The summed E-state index contributed by atoms with van der Waals surface area (Å²) in [7, 11) is 0. The van der Waals surface area contributed by atoms with E-state index in [-0.39, 0.29) is 23.1 Å². The maximum absolute atomic E-state index is 12.1. The van der Waals surface area contributed by atoms with Gasteiger partial charge in [0.05, 0.1) is 6.20 Å². The van der Waals surface area contributed by atoms with E-state index in [4.69, 9.17) is 4.42 Å². The van der Waals surface area contributed by atoms with E-state index in [1.807, 2.05) is 0 Å². The number of hydrogen-bond donors (Lipinski definition) is 1. The van der Waals surface area contributed by atoms with Crippen molar-refractivity contribution >= 4 is 23.0 Å². The lowest BCUT2D eigenvalue weighted by Gasteiger charge is -2.49. The molecule has 2 amide bonds. The van der Waals surface area contributed by atoms with E-state index in [9.17, 15) is 14.4 Å². The van der Waals surface area contributed by atoms with Crippen LogP contribution >= 0.6 is 0 Å². The Bertz CT molecular complexity index is 783. The molecule has 8 heteroatoms. The maximum Gasteiger partial charge on any atom is 0.422 e. The second-order valence-corrected chi connectivity index (χ2v) is 4.87. The average Bonchev–Trinajstić information content (AvgIpc) is 2.64. The first-order chi connectivity index (χ1) is 9.12. The summed E-state index contributed by atoms with van der Waals surface area (Å²) in [6.07, 6.45) is 3.29. The number of piperidine rings is 2. The molecular formula is C11H8N4O4. The van der Waals surface area contributed by atoms with Gasteiger partial charge in [0, 0.05) is 5.92 Å². The first-order valence-corrected chi connectivity index (χ1v) is 5.79. The summed E-state index contributed by atoms with van der Waals surface area (Å²) < 4.78 is 6.27. The van der Waals surface area contributed by atoms with Crippen LogP contribution in [0.15, 0.2) is 21.7 Å². The minimum absolute atomic E-state index is 0.226. The van der Waals surface area contributed by atoms with Crippen LogP contribution in [0.1, 0.15) is 12.8 Å². The van der Waals surface area contributed by atoms with Gasteiger partial charge in [-0.05, 0) is 12.8 Å². The van der Waals surface area contributed by atoms with E-state index in [0.717, 1.165) is 0 Å². The summed E-state index contributed by atoms with van der Waals surface area (Å²) in [6.45, 7) is 0. The Labute approximate surface area is 105 Å². The van der Waals surface area contributed by atoms with E-state index in [1.54, 1.807) is 0 Å². The molecule has 1 saturated carbocycles. The Morgan fingerprint density at radius 1 is 1.37 bits per heavy atom. The quantitative estimate of drug-likeness (QED) is 0.669. The van der Waals surface area contributed by atoms with Crippen LogP contribution in [0.4, 0.5) is 0 Å². The molecule has 3 fully saturated rings. The molecule has 0 aromatic carbocycles. The molecule has 1 N–H and O–H groups in total. The second-order valence-electron chi connectivity index (χ2n) is 4.87. The molecule has 0 spiro atoms. The normalized spacial score (nSPS) is 29.2. The van der Waals surface area contributed by atoms with Crippen molar-refractivity contribution in [3.63, 3.8) is 0 Å². The monoisotopic (exact) mass is 260 g/mol. The summed E-state index contributed by atoms with van der Waals surface area (Å²) in [4.78, 5) is 43.2. The molecule has 96 valence electrons. The van der Waals surface area contributed by atoms with Crippen molar-refractivity contribution in [2.45, 2.75) is 18.4 Å². The largest absolute Gasteiger partial charge is 0.422 e. The fraction of sp³-hybridized carbons (Fsp3) is 0.364. The lowest BCUT2D eigenvalue weighted by molar-refractivity contribution is -0.156. The molecule has 2 aromatic heterocycles. The highest BCUT2D eigenvalue weighted by atomic mass is 16.4. The standard InChI is InChI=1S/C11H8N4O4/c16-8-5-1-11(2-5,9(17)14-8)15-7-6(19-10(15)18)3-12-4-13-7/h3-5H,1-2H2,(H,14,16,17). The number of fused-ring (bicyclic) bond motifs is 3. The third-order valence-electron chi connectivity index (χ3n) is 3.88. The Kier molecular flexibility index (Phi) is 1.69. The van der Waals surface area contributed by atoms with Gasteiger partial charge in [0.1, 0.15) is 11.9 Å². The van der Waals surface area contributed by atoms with Crippen molar-refractivity contribution in [2.24, 2.45) is 5.92 Å². The van der Waals surface area contributed by atoms with Crippen molar-refractivity contribution in [3.8, 4) is 0 Å². The van der Waals surface area contributed by atoms with Crippen molar-refractivity contribution in [1.82, 2.24) is 19.9 Å². The highest BCUT2D eigenvalue weighted by molar-refractivity contribution is 6.06. The van der Waals surface area contributed by atoms with Crippen molar-refractivity contribution in [2.75, 3.05) is 0 Å². The van der Waals surface area contributed by atoms with Gasteiger partial charge >= 0.3 is 5.76 Å². The molecule has 19 heavy (non-hydrogen) atoms. The van der Waals surface area contributed by atoms with Gasteiger partial charge < -0.3 is 4.42 Å². The Morgan fingerprint density at radius 2 is 2.16 bits per heavy atom. The number of aromatic nitrogens is 3. The van der Waals surface area contributed by atoms with Gasteiger partial charge in [0.25, 0.3) is 5.91 Å². The van der Waals surface area contributed by atoms with Crippen LogP contribution in [0.2, 0.25) is 0 Å². The fourth-order valence-electron chi connectivity index (χ4n) is 2.89. The van der Waals surface area contributed by atoms with Crippen LogP contribution in [0.5, 0.6) is 0 Å². The SMILES string of the molecule is O=C1NC(=O)C2(n3c(=O)oc4cncnc43)CC1C2. The molecule has 2 aliphatic heterocycles. The Morgan fingerprint density at radius 3 is 2.89 bits per heavy atom. The number of hydrogen-bond acceptors (Lipinski definition) is 6. The number of imide groups is 1. The van der Waals surface area contributed by atoms with Gasteiger partial charge in [0.15, 0.2) is 11.2 Å². The molecule has 2 bridgehead atoms. The van der Waals surface area contributed by atoms with E-state index < -0.39 is 17.2 Å². The molecule has 3 aliphatic rings. The molecular weight excluding hydrogens is 252 g/mol. The van der Waals surface area contributed by atoms with Gasteiger partial charge in [-0.2, -0.15) is 0 Å². The highest BCUT2D eigenvalue weighted by Crippen LogP contribution is 2.47. The van der Waals surface area contributed by atoms with Gasteiger partial charge in [-0.1, -0.05) is 0 Å². The second kappa shape index (κ2) is 3.08. The van der Waals surface area contributed by atoms with Crippen molar-refractivity contribution in [1.29, 1.82) is 0 Å². The molecule has 0 atom stereocenters.